The van der Waals surface area contributed by atoms with Gasteiger partial charge in [-0.25, -0.2) is 9.37 Å². The molecule has 2 aromatic heterocycles. The number of nitrogens with two attached hydrogens (primary N) is 2. The monoisotopic (exact) mass is 352 g/mol. The Kier molecular flexibility index (Phi) is 4.08. The van der Waals surface area contributed by atoms with E-state index in [0.717, 1.165) is 24.1 Å². The molecule has 1 saturated carbocycles. The number of benzene rings is 1. The Morgan fingerprint density at radius 1 is 0.923 bits per heavy atom. The summed E-state index contributed by atoms with van der Waals surface area (Å²) in [5.41, 5.74) is 12.9. The Balaban J connectivity index is 1.42. The molecule has 0 unspecified atom stereocenters. The first-order valence-corrected chi connectivity index (χ1v) is 8.22. The number of hydrogen-bond donors (Lipinski definition) is 2. The van der Waals surface area contributed by atoms with Crippen LogP contribution in [0.1, 0.15) is 35.9 Å². The second-order valence-corrected chi connectivity index (χ2v) is 6.32. The van der Waals surface area contributed by atoms with Crippen molar-refractivity contribution in [2.24, 2.45) is 0 Å². The first-order chi connectivity index (χ1) is 12.6. The van der Waals surface area contributed by atoms with Crippen molar-refractivity contribution in [2.45, 2.75) is 24.7 Å². The summed E-state index contributed by atoms with van der Waals surface area (Å²) < 4.78 is 19.8. The molecule has 0 atom stereocenters. The number of rotatable bonds is 4. The van der Waals surface area contributed by atoms with Crippen molar-refractivity contribution in [3.63, 3.8) is 0 Å². The zero-order valence-corrected chi connectivity index (χ0v) is 13.8. The quantitative estimate of drug-likeness (QED) is 0.742. The van der Waals surface area contributed by atoms with Crippen LogP contribution in [0.3, 0.4) is 0 Å². The van der Waals surface area contributed by atoms with Gasteiger partial charge >= 0.3 is 0 Å². The summed E-state index contributed by atoms with van der Waals surface area (Å²) in [6.45, 7) is 0. The zero-order chi connectivity index (χ0) is 18.1. The lowest BCUT2D eigenvalue weighted by Gasteiger charge is -2.35. The van der Waals surface area contributed by atoms with E-state index in [2.05, 4.69) is 20.2 Å². The molecule has 132 valence electrons. The molecule has 0 spiro atoms. The summed E-state index contributed by atoms with van der Waals surface area (Å²) in [6, 6.07) is 8.08. The minimum Gasteiger partial charge on any atom is -0.434 e. The molecule has 7 nitrogen and oxygen atoms in total. The van der Waals surface area contributed by atoms with Gasteiger partial charge in [-0.2, -0.15) is 0 Å². The third kappa shape index (κ3) is 3.26. The van der Waals surface area contributed by atoms with Crippen LogP contribution in [0.4, 0.5) is 16.0 Å². The van der Waals surface area contributed by atoms with E-state index < -0.39 is 5.82 Å². The Morgan fingerprint density at radius 3 is 2.42 bits per heavy atom. The molecule has 0 amide bonds. The standard InChI is InChI=1S/C18H17FN6O/c19-13-7-10(1-2-15(13)26-18-4-3-16(20)24-25-18)11-5-12(6-11)14-8-23-17(21)9-22-14/h1-4,7-9,11-12H,5-6H2,(H2,20,24)(H2,21,23). The molecule has 3 aromatic rings. The molecule has 0 bridgehead atoms. The highest BCUT2D eigenvalue weighted by molar-refractivity contribution is 5.36. The first kappa shape index (κ1) is 16.2. The highest BCUT2D eigenvalue weighted by atomic mass is 19.1. The Hall–Kier alpha value is -3.29. The van der Waals surface area contributed by atoms with Gasteiger partial charge in [-0.3, -0.25) is 4.98 Å². The van der Waals surface area contributed by atoms with E-state index in [-0.39, 0.29) is 17.4 Å². The normalized spacial score (nSPS) is 19.0. The molecule has 2 heterocycles. The first-order valence-electron chi connectivity index (χ1n) is 8.22. The molecule has 4 rings (SSSR count). The smallest absolute Gasteiger partial charge is 0.239 e. The van der Waals surface area contributed by atoms with Gasteiger partial charge in [-0.1, -0.05) is 6.07 Å². The molecule has 1 aliphatic carbocycles. The Bertz CT molecular complexity index is 910. The van der Waals surface area contributed by atoms with Crippen LogP contribution in [-0.4, -0.2) is 20.2 Å². The van der Waals surface area contributed by atoms with Gasteiger partial charge in [-0.05, 0) is 42.5 Å². The summed E-state index contributed by atoms with van der Waals surface area (Å²) >= 11 is 0. The third-order valence-electron chi connectivity index (χ3n) is 4.55. The van der Waals surface area contributed by atoms with E-state index in [9.17, 15) is 4.39 Å². The van der Waals surface area contributed by atoms with Gasteiger partial charge in [0.15, 0.2) is 11.6 Å². The van der Waals surface area contributed by atoms with Crippen molar-refractivity contribution >= 4 is 11.6 Å². The van der Waals surface area contributed by atoms with Gasteiger partial charge in [0.25, 0.3) is 0 Å². The third-order valence-corrected chi connectivity index (χ3v) is 4.55. The maximum atomic E-state index is 14.4. The minimum absolute atomic E-state index is 0.105. The van der Waals surface area contributed by atoms with Gasteiger partial charge in [-0.15, -0.1) is 10.2 Å². The summed E-state index contributed by atoms with van der Waals surface area (Å²) in [6.07, 6.45) is 5.08. The van der Waals surface area contributed by atoms with Crippen LogP contribution < -0.4 is 16.2 Å². The predicted octanol–water partition coefficient (Wildman–Crippen LogP) is 3.02. The van der Waals surface area contributed by atoms with E-state index in [1.165, 1.54) is 6.07 Å². The topological polar surface area (TPSA) is 113 Å². The van der Waals surface area contributed by atoms with E-state index in [4.69, 9.17) is 16.2 Å². The number of nitrogen functional groups attached to an aromatic ring is 2. The van der Waals surface area contributed by atoms with E-state index in [1.807, 2.05) is 6.07 Å². The molecule has 26 heavy (non-hydrogen) atoms. The lowest BCUT2D eigenvalue weighted by Crippen LogP contribution is -2.21. The second-order valence-electron chi connectivity index (χ2n) is 6.32. The van der Waals surface area contributed by atoms with Crippen LogP contribution >= 0.6 is 0 Å². The maximum absolute atomic E-state index is 14.4. The minimum atomic E-state index is -0.433. The Morgan fingerprint density at radius 2 is 1.77 bits per heavy atom. The van der Waals surface area contributed by atoms with Crippen LogP contribution in [-0.2, 0) is 0 Å². The lowest BCUT2D eigenvalue weighted by molar-refractivity contribution is 0.342. The molecule has 1 aromatic carbocycles. The molecule has 1 fully saturated rings. The fourth-order valence-electron chi connectivity index (χ4n) is 3.04. The van der Waals surface area contributed by atoms with Crippen LogP contribution in [0.2, 0.25) is 0 Å². The van der Waals surface area contributed by atoms with Crippen molar-refractivity contribution in [1.82, 2.24) is 20.2 Å². The largest absolute Gasteiger partial charge is 0.434 e. The van der Waals surface area contributed by atoms with Crippen molar-refractivity contribution in [3.8, 4) is 11.6 Å². The summed E-state index contributed by atoms with van der Waals surface area (Å²) in [5, 5.41) is 7.44. The van der Waals surface area contributed by atoms with Crippen LogP contribution in [0.25, 0.3) is 0 Å². The summed E-state index contributed by atoms with van der Waals surface area (Å²) in [7, 11) is 0. The van der Waals surface area contributed by atoms with Crippen LogP contribution in [0.5, 0.6) is 11.6 Å². The average Bonchev–Trinajstić information content (AvgIpc) is 2.59. The van der Waals surface area contributed by atoms with Gasteiger partial charge in [0, 0.05) is 12.0 Å². The molecule has 0 aliphatic heterocycles. The van der Waals surface area contributed by atoms with Crippen molar-refractivity contribution in [3.05, 3.63) is 59.8 Å². The molecule has 0 radical (unpaired) electrons. The van der Waals surface area contributed by atoms with Crippen molar-refractivity contribution in [2.75, 3.05) is 11.5 Å². The van der Waals surface area contributed by atoms with Crippen LogP contribution in [0.15, 0.2) is 42.7 Å². The summed E-state index contributed by atoms with van der Waals surface area (Å²) in [5.74, 6) is 1.17. The number of hydrogen-bond acceptors (Lipinski definition) is 7. The second kappa shape index (κ2) is 6.55. The molecular weight excluding hydrogens is 335 g/mol. The van der Waals surface area contributed by atoms with E-state index >= 15 is 0 Å². The van der Waals surface area contributed by atoms with Gasteiger partial charge in [0.2, 0.25) is 5.88 Å². The highest BCUT2D eigenvalue weighted by Gasteiger charge is 2.33. The Labute approximate surface area is 149 Å². The highest BCUT2D eigenvalue weighted by Crippen LogP contribution is 2.47. The maximum Gasteiger partial charge on any atom is 0.239 e. The number of anilines is 2. The average molecular weight is 352 g/mol. The number of nitrogens with zero attached hydrogens (tertiary/aromatic N) is 4. The van der Waals surface area contributed by atoms with Gasteiger partial charge < -0.3 is 16.2 Å². The fraction of sp³-hybridized carbons (Fsp3) is 0.222. The zero-order valence-electron chi connectivity index (χ0n) is 13.8. The lowest BCUT2D eigenvalue weighted by atomic mass is 9.70. The molecule has 1 aliphatic rings. The fourth-order valence-corrected chi connectivity index (χ4v) is 3.04. The van der Waals surface area contributed by atoms with Gasteiger partial charge in [0.1, 0.15) is 11.6 Å². The molecule has 0 saturated heterocycles. The molecular formula is C18H17FN6O. The number of halogens is 1. The van der Waals surface area contributed by atoms with Gasteiger partial charge in [0.05, 0.1) is 18.1 Å². The van der Waals surface area contributed by atoms with Crippen molar-refractivity contribution in [1.29, 1.82) is 0 Å². The van der Waals surface area contributed by atoms with E-state index in [1.54, 1.807) is 30.6 Å². The SMILES string of the molecule is Nc1cnc(C2CC(c3ccc(Oc4ccc(N)nn4)c(F)c3)C2)cn1. The molecule has 4 N–H and O–H groups in total. The molecule has 8 heteroatoms. The number of aromatic nitrogens is 4. The van der Waals surface area contributed by atoms with Crippen molar-refractivity contribution < 1.29 is 9.13 Å². The van der Waals surface area contributed by atoms with Crippen LogP contribution in [0, 0.1) is 5.82 Å². The summed E-state index contributed by atoms with van der Waals surface area (Å²) in [4.78, 5) is 8.38. The van der Waals surface area contributed by atoms with E-state index in [0.29, 0.717) is 17.7 Å². The number of ether oxygens (including phenoxy) is 1. The predicted molar refractivity (Wildman–Crippen MR) is 94.1 cm³/mol.